The summed E-state index contributed by atoms with van der Waals surface area (Å²) in [6, 6.07) is 9.21. The van der Waals surface area contributed by atoms with Crippen molar-refractivity contribution in [1.82, 2.24) is 4.57 Å². The van der Waals surface area contributed by atoms with Gasteiger partial charge in [-0.15, -0.1) is 10.2 Å². The SMILES string of the molecule is CC(=O)n1c(O)c(N=Nc2cc(C(F)(F)F)ccc2Cl)c2ccccc21. The van der Waals surface area contributed by atoms with Crippen LogP contribution in [0.3, 0.4) is 0 Å². The molecule has 0 bridgehead atoms. The van der Waals surface area contributed by atoms with Gasteiger partial charge >= 0.3 is 6.18 Å². The number of fused-ring (bicyclic) bond motifs is 1. The molecule has 9 heteroatoms. The van der Waals surface area contributed by atoms with Gasteiger partial charge in [-0.1, -0.05) is 29.8 Å². The molecule has 0 spiro atoms. The zero-order chi connectivity index (χ0) is 19.1. The third-order valence-corrected chi connectivity index (χ3v) is 3.99. The molecular weight excluding hydrogens is 371 g/mol. The van der Waals surface area contributed by atoms with Gasteiger partial charge in [0, 0.05) is 12.3 Å². The molecule has 1 aromatic heterocycles. The number of para-hydroxylation sites is 1. The van der Waals surface area contributed by atoms with Crippen molar-refractivity contribution in [3.8, 4) is 5.88 Å². The molecule has 0 fully saturated rings. The van der Waals surface area contributed by atoms with Crippen molar-refractivity contribution in [3.63, 3.8) is 0 Å². The van der Waals surface area contributed by atoms with Crippen LogP contribution in [0.5, 0.6) is 5.88 Å². The molecule has 0 atom stereocenters. The lowest BCUT2D eigenvalue weighted by Gasteiger charge is -2.07. The first kappa shape index (κ1) is 17.9. The molecule has 5 nitrogen and oxygen atoms in total. The summed E-state index contributed by atoms with van der Waals surface area (Å²) in [5.41, 5.74) is -0.766. The second kappa shape index (κ2) is 6.45. The maximum atomic E-state index is 12.8. The van der Waals surface area contributed by atoms with Crippen molar-refractivity contribution in [2.75, 3.05) is 0 Å². The number of carbonyl (C=O) groups is 1. The molecule has 134 valence electrons. The number of azo groups is 1. The summed E-state index contributed by atoms with van der Waals surface area (Å²) in [4.78, 5) is 11.8. The van der Waals surface area contributed by atoms with E-state index in [9.17, 15) is 23.1 Å². The first-order valence-electron chi connectivity index (χ1n) is 7.32. The van der Waals surface area contributed by atoms with Gasteiger partial charge in [0.1, 0.15) is 5.69 Å². The predicted octanol–water partition coefficient (Wildman–Crippen LogP) is 6.09. The average molecular weight is 382 g/mol. The van der Waals surface area contributed by atoms with Crippen LogP contribution in [0.4, 0.5) is 24.5 Å². The van der Waals surface area contributed by atoms with Crippen molar-refractivity contribution in [1.29, 1.82) is 0 Å². The predicted molar refractivity (Wildman–Crippen MR) is 90.5 cm³/mol. The van der Waals surface area contributed by atoms with Crippen molar-refractivity contribution in [2.45, 2.75) is 13.1 Å². The zero-order valence-electron chi connectivity index (χ0n) is 13.3. The summed E-state index contributed by atoms with van der Waals surface area (Å²) in [6.45, 7) is 1.26. The van der Waals surface area contributed by atoms with Gasteiger partial charge in [-0.2, -0.15) is 13.2 Å². The van der Waals surface area contributed by atoms with Crippen molar-refractivity contribution in [2.24, 2.45) is 10.2 Å². The summed E-state index contributed by atoms with van der Waals surface area (Å²) in [7, 11) is 0. The molecule has 0 radical (unpaired) electrons. The standard InChI is InChI=1S/C17H11ClF3N3O2/c1-9(25)24-14-5-3-2-4-11(14)15(16(24)26)23-22-13-8-10(17(19,20)21)6-7-12(13)18/h2-8,26H,1H3. The van der Waals surface area contributed by atoms with Crippen LogP contribution in [-0.4, -0.2) is 15.6 Å². The molecule has 1 heterocycles. The number of rotatable bonds is 2. The fraction of sp³-hybridized carbons (Fsp3) is 0.118. The van der Waals surface area contributed by atoms with Crippen molar-refractivity contribution in [3.05, 3.63) is 53.1 Å². The van der Waals surface area contributed by atoms with Crippen LogP contribution < -0.4 is 0 Å². The van der Waals surface area contributed by atoms with E-state index in [4.69, 9.17) is 11.6 Å². The average Bonchev–Trinajstić information content (AvgIpc) is 2.84. The minimum atomic E-state index is -4.55. The molecule has 0 unspecified atom stereocenters. The van der Waals surface area contributed by atoms with E-state index in [1.165, 1.54) is 6.92 Å². The van der Waals surface area contributed by atoms with Gasteiger partial charge < -0.3 is 5.11 Å². The van der Waals surface area contributed by atoms with Gasteiger partial charge in [-0.05, 0) is 24.3 Å². The highest BCUT2D eigenvalue weighted by Gasteiger charge is 2.31. The number of nitrogens with zero attached hydrogens (tertiary/aromatic N) is 3. The van der Waals surface area contributed by atoms with E-state index in [1.54, 1.807) is 24.3 Å². The van der Waals surface area contributed by atoms with Crippen molar-refractivity contribution >= 4 is 39.8 Å². The van der Waals surface area contributed by atoms with E-state index in [-0.39, 0.29) is 16.4 Å². The number of aromatic hydroxyl groups is 1. The van der Waals surface area contributed by atoms with Crippen LogP contribution >= 0.6 is 11.6 Å². The van der Waals surface area contributed by atoms with E-state index in [0.29, 0.717) is 10.9 Å². The Balaban J connectivity index is 2.13. The fourth-order valence-corrected chi connectivity index (χ4v) is 2.65. The Morgan fingerprint density at radius 3 is 2.50 bits per heavy atom. The lowest BCUT2D eigenvalue weighted by Crippen LogP contribution is -2.04. The Morgan fingerprint density at radius 1 is 1.15 bits per heavy atom. The Labute approximate surface area is 150 Å². The monoisotopic (exact) mass is 381 g/mol. The number of alkyl halides is 3. The summed E-state index contributed by atoms with van der Waals surface area (Å²) >= 11 is 5.88. The number of hydrogen-bond donors (Lipinski definition) is 1. The van der Waals surface area contributed by atoms with Gasteiger partial charge in [0.05, 0.1) is 16.1 Å². The molecule has 26 heavy (non-hydrogen) atoms. The highest BCUT2D eigenvalue weighted by Crippen LogP contribution is 2.41. The van der Waals surface area contributed by atoms with E-state index in [2.05, 4.69) is 10.2 Å². The van der Waals surface area contributed by atoms with E-state index in [1.807, 2.05) is 0 Å². The summed E-state index contributed by atoms with van der Waals surface area (Å²) in [6.07, 6.45) is -4.55. The van der Waals surface area contributed by atoms with Gasteiger partial charge in [0.15, 0.2) is 5.69 Å². The highest BCUT2D eigenvalue weighted by atomic mass is 35.5. The number of aromatic nitrogens is 1. The molecule has 0 saturated carbocycles. The van der Waals surface area contributed by atoms with Crippen LogP contribution in [0.25, 0.3) is 10.9 Å². The largest absolute Gasteiger partial charge is 0.493 e. The number of benzene rings is 2. The molecule has 1 N–H and O–H groups in total. The van der Waals surface area contributed by atoms with Crippen LogP contribution in [0.1, 0.15) is 17.3 Å². The van der Waals surface area contributed by atoms with E-state index >= 15 is 0 Å². The van der Waals surface area contributed by atoms with Gasteiger partial charge in [0.25, 0.3) is 0 Å². The molecule has 2 aromatic carbocycles. The Bertz CT molecular complexity index is 1040. The maximum absolute atomic E-state index is 12.8. The summed E-state index contributed by atoms with van der Waals surface area (Å²) < 4.78 is 39.5. The lowest BCUT2D eigenvalue weighted by atomic mass is 10.2. The molecular formula is C17H11ClF3N3O2. The molecule has 0 aliphatic heterocycles. The number of carbonyl (C=O) groups excluding carboxylic acids is 1. The van der Waals surface area contributed by atoms with Gasteiger partial charge in [-0.25, -0.2) is 4.57 Å². The molecule has 0 aliphatic carbocycles. The second-order valence-corrected chi connectivity index (χ2v) is 5.81. The lowest BCUT2D eigenvalue weighted by molar-refractivity contribution is -0.137. The van der Waals surface area contributed by atoms with Gasteiger partial charge in [0.2, 0.25) is 11.8 Å². The molecule has 3 rings (SSSR count). The third kappa shape index (κ3) is 3.15. The van der Waals surface area contributed by atoms with Crippen LogP contribution in [-0.2, 0) is 6.18 Å². The Morgan fingerprint density at radius 2 is 1.85 bits per heavy atom. The summed E-state index contributed by atoms with van der Waals surface area (Å²) in [5, 5.41) is 18.3. The third-order valence-electron chi connectivity index (χ3n) is 3.67. The number of halogens is 4. The Hall–Kier alpha value is -2.87. The van der Waals surface area contributed by atoms with Crippen LogP contribution in [0.2, 0.25) is 5.02 Å². The minimum Gasteiger partial charge on any atom is -0.493 e. The van der Waals surface area contributed by atoms with Gasteiger partial charge in [-0.3, -0.25) is 4.79 Å². The first-order valence-corrected chi connectivity index (χ1v) is 7.70. The second-order valence-electron chi connectivity index (χ2n) is 5.41. The number of hydrogen-bond acceptors (Lipinski definition) is 4. The quantitative estimate of drug-likeness (QED) is 0.545. The van der Waals surface area contributed by atoms with E-state index < -0.39 is 23.5 Å². The summed E-state index contributed by atoms with van der Waals surface area (Å²) in [5.74, 6) is -0.900. The molecule has 0 saturated heterocycles. The molecule has 0 aliphatic rings. The zero-order valence-corrected chi connectivity index (χ0v) is 14.0. The normalized spacial score (nSPS) is 12.2. The maximum Gasteiger partial charge on any atom is 0.416 e. The molecule has 0 amide bonds. The Kier molecular flexibility index (Phi) is 4.45. The van der Waals surface area contributed by atoms with Crippen molar-refractivity contribution < 1.29 is 23.1 Å². The topological polar surface area (TPSA) is 67.0 Å². The minimum absolute atomic E-state index is 0.0310. The molecule has 3 aromatic rings. The highest BCUT2D eigenvalue weighted by molar-refractivity contribution is 6.33. The smallest absolute Gasteiger partial charge is 0.416 e. The van der Waals surface area contributed by atoms with Crippen LogP contribution in [0.15, 0.2) is 52.7 Å². The fourth-order valence-electron chi connectivity index (χ4n) is 2.50. The van der Waals surface area contributed by atoms with E-state index in [0.717, 1.165) is 22.8 Å². The first-order chi connectivity index (χ1) is 12.2. The van der Waals surface area contributed by atoms with Crippen LogP contribution in [0, 0.1) is 0 Å².